The number of anilines is 1. The van der Waals surface area contributed by atoms with Gasteiger partial charge >= 0.3 is 6.03 Å². The Morgan fingerprint density at radius 2 is 1.95 bits per heavy atom. The third kappa shape index (κ3) is 3.77. The zero-order chi connectivity index (χ0) is 14.4. The molecule has 1 aromatic rings. The van der Waals surface area contributed by atoms with E-state index in [9.17, 15) is 4.79 Å². The molecule has 106 valence electrons. The molecule has 1 aromatic carbocycles. The van der Waals surface area contributed by atoms with Crippen molar-refractivity contribution in [3.63, 3.8) is 0 Å². The molecule has 5 nitrogen and oxygen atoms in total. The molecule has 1 rings (SSSR count). The Hall–Kier alpha value is -1.91. The van der Waals surface area contributed by atoms with E-state index in [1.807, 2.05) is 19.9 Å². The summed E-state index contributed by atoms with van der Waals surface area (Å²) in [6, 6.07) is 5.38. The molecule has 1 atom stereocenters. The summed E-state index contributed by atoms with van der Waals surface area (Å²) in [4.78, 5) is 13.6. The first-order valence-corrected chi connectivity index (χ1v) is 6.29. The summed E-state index contributed by atoms with van der Waals surface area (Å²) in [5.74, 6) is 1.24. The Balaban J connectivity index is 2.87. The van der Waals surface area contributed by atoms with E-state index in [-0.39, 0.29) is 12.1 Å². The van der Waals surface area contributed by atoms with E-state index in [2.05, 4.69) is 5.32 Å². The molecule has 0 heterocycles. The predicted molar refractivity (Wildman–Crippen MR) is 76.2 cm³/mol. The third-order valence-corrected chi connectivity index (χ3v) is 3.04. The molecule has 5 heteroatoms. The van der Waals surface area contributed by atoms with Crippen molar-refractivity contribution in [3.8, 4) is 11.5 Å². The second-order valence-electron chi connectivity index (χ2n) is 4.36. The van der Waals surface area contributed by atoms with Crippen LogP contribution in [0.1, 0.15) is 20.3 Å². The number of methoxy groups -OCH3 is 2. The molecule has 1 N–H and O–H groups in total. The van der Waals surface area contributed by atoms with Crippen LogP contribution in [0.25, 0.3) is 0 Å². The normalized spacial score (nSPS) is 11.6. The zero-order valence-corrected chi connectivity index (χ0v) is 12.2. The molecular weight excluding hydrogens is 244 g/mol. The van der Waals surface area contributed by atoms with Crippen LogP contribution in [0, 0.1) is 0 Å². The molecule has 0 aliphatic heterocycles. The van der Waals surface area contributed by atoms with Gasteiger partial charge in [0.2, 0.25) is 0 Å². The molecule has 1 unspecified atom stereocenters. The Kier molecular flexibility index (Phi) is 5.48. The lowest BCUT2D eigenvalue weighted by Gasteiger charge is -2.21. The van der Waals surface area contributed by atoms with Crippen molar-refractivity contribution in [1.82, 2.24) is 5.32 Å². The van der Waals surface area contributed by atoms with Gasteiger partial charge in [0.25, 0.3) is 0 Å². The van der Waals surface area contributed by atoms with Gasteiger partial charge in [-0.1, -0.05) is 6.92 Å². The van der Waals surface area contributed by atoms with Gasteiger partial charge in [0.1, 0.15) is 0 Å². The maximum Gasteiger partial charge on any atom is 0.321 e. The van der Waals surface area contributed by atoms with Crippen LogP contribution in [-0.2, 0) is 0 Å². The number of amides is 2. The monoisotopic (exact) mass is 266 g/mol. The van der Waals surface area contributed by atoms with Crippen molar-refractivity contribution in [3.05, 3.63) is 18.2 Å². The quantitative estimate of drug-likeness (QED) is 0.891. The number of carbonyl (C=O) groups excluding carboxylic acids is 1. The Morgan fingerprint density at radius 3 is 2.47 bits per heavy atom. The first-order chi connectivity index (χ1) is 9.03. The molecule has 0 aliphatic carbocycles. The fourth-order valence-electron chi connectivity index (χ4n) is 1.56. The highest BCUT2D eigenvalue weighted by molar-refractivity contribution is 5.91. The average Bonchev–Trinajstić information content (AvgIpc) is 2.45. The predicted octanol–water partition coefficient (Wildman–Crippen LogP) is 2.65. The van der Waals surface area contributed by atoms with Crippen molar-refractivity contribution in [2.45, 2.75) is 26.3 Å². The molecular formula is C14H22N2O3. The van der Waals surface area contributed by atoms with Gasteiger partial charge in [0.15, 0.2) is 11.5 Å². The summed E-state index contributed by atoms with van der Waals surface area (Å²) >= 11 is 0. The zero-order valence-electron chi connectivity index (χ0n) is 12.2. The number of urea groups is 1. The highest BCUT2D eigenvalue weighted by atomic mass is 16.5. The summed E-state index contributed by atoms with van der Waals surface area (Å²) in [5.41, 5.74) is 0.749. The molecule has 0 aliphatic rings. The van der Waals surface area contributed by atoms with Gasteiger partial charge in [-0.2, -0.15) is 0 Å². The number of carbonyl (C=O) groups is 1. The second kappa shape index (κ2) is 6.87. The van der Waals surface area contributed by atoms with Crippen molar-refractivity contribution in [1.29, 1.82) is 0 Å². The van der Waals surface area contributed by atoms with E-state index in [0.717, 1.165) is 12.1 Å². The standard InChI is InChI=1S/C14H22N2O3/c1-6-10(2)15-14(17)16(3)11-7-8-12(18-4)13(9-11)19-5/h7-10H,6H2,1-5H3,(H,15,17). The highest BCUT2D eigenvalue weighted by Gasteiger charge is 2.14. The minimum Gasteiger partial charge on any atom is -0.493 e. The molecule has 0 fully saturated rings. The summed E-state index contributed by atoms with van der Waals surface area (Å²) in [6.45, 7) is 4.00. The van der Waals surface area contributed by atoms with Crippen LogP contribution in [0.5, 0.6) is 11.5 Å². The summed E-state index contributed by atoms with van der Waals surface area (Å²) in [7, 11) is 4.87. The van der Waals surface area contributed by atoms with Gasteiger partial charge in [-0.3, -0.25) is 4.90 Å². The van der Waals surface area contributed by atoms with E-state index in [1.54, 1.807) is 38.3 Å². The molecule has 0 aromatic heterocycles. The first-order valence-electron chi connectivity index (χ1n) is 6.29. The lowest BCUT2D eigenvalue weighted by atomic mass is 10.2. The van der Waals surface area contributed by atoms with Crippen molar-refractivity contribution in [2.75, 3.05) is 26.2 Å². The number of hydrogen-bond donors (Lipinski definition) is 1. The van der Waals surface area contributed by atoms with Gasteiger partial charge in [-0.15, -0.1) is 0 Å². The largest absolute Gasteiger partial charge is 0.493 e. The molecule has 0 bridgehead atoms. The lowest BCUT2D eigenvalue weighted by molar-refractivity contribution is 0.244. The Labute approximate surface area is 114 Å². The highest BCUT2D eigenvalue weighted by Crippen LogP contribution is 2.31. The van der Waals surface area contributed by atoms with Crippen LogP contribution < -0.4 is 19.7 Å². The van der Waals surface area contributed by atoms with E-state index >= 15 is 0 Å². The van der Waals surface area contributed by atoms with Crippen LogP contribution in [-0.4, -0.2) is 33.3 Å². The number of benzene rings is 1. The smallest absolute Gasteiger partial charge is 0.321 e. The average molecular weight is 266 g/mol. The lowest BCUT2D eigenvalue weighted by Crippen LogP contribution is -2.41. The number of nitrogens with one attached hydrogen (secondary N) is 1. The van der Waals surface area contributed by atoms with Gasteiger partial charge < -0.3 is 14.8 Å². The number of hydrogen-bond acceptors (Lipinski definition) is 3. The summed E-state index contributed by atoms with van der Waals surface area (Å²) in [6.07, 6.45) is 0.894. The maximum atomic E-state index is 12.0. The summed E-state index contributed by atoms with van der Waals surface area (Å²) in [5, 5.41) is 2.91. The topological polar surface area (TPSA) is 50.8 Å². The van der Waals surface area contributed by atoms with Crippen LogP contribution in [0.4, 0.5) is 10.5 Å². The van der Waals surface area contributed by atoms with E-state index in [4.69, 9.17) is 9.47 Å². The SMILES string of the molecule is CCC(C)NC(=O)N(C)c1ccc(OC)c(OC)c1. The van der Waals surface area contributed by atoms with Crippen LogP contribution in [0.3, 0.4) is 0 Å². The second-order valence-corrected chi connectivity index (χ2v) is 4.36. The van der Waals surface area contributed by atoms with Gasteiger partial charge in [0, 0.05) is 24.8 Å². The number of nitrogens with zero attached hydrogens (tertiary/aromatic N) is 1. The summed E-state index contributed by atoms with van der Waals surface area (Å²) < 4.78 is 10.4. The van der Waals surface area contributed by atoms with Gasteiger partial charge in [-0.25, -0.2) is 4.79 Å². The molecule has 2 amide bonds. The van der Waals surface area contributed by atoms with Gasteiger partial charge in [0.05, 0.1) is 14.2 Å². The fourth-order valence-corrected chi connectivity index (χ4v) is 1.56. The third-order valence-electron chi connectivity index (χ3n) is 3.04. The molecule has 0 saturated heterocycles. The van der Waals surface area contributed by atoms with Crippen LogP contribution in [0.15, 0.2) is 18.2 Å². The van der Waals surface area contributed by atoms with Crippen LogP contribution >= 0.6 is 0 Å². The van der Waals surface area contributed by atoms with Gasteiger partial charge in [-0.05, 0) is 25.5 Å². The van der Waals surface area contributed by atoms with Crippen molar-refractivity contribution in [2.24, 2.45) is 0 Å². The van der Waals surface area contributed by atoms with Crippen molar-refractivity contribution < 1.29 is 14.3 Å². The molecule has 0 saturated carbocycles. The fraction of sp³-hybridized carbons (Fsp3) is 0.500. The van der Waals surface area contributed by atoms with E-state index < -0.39 is 0 Å². The Bertz CT molecular complexity index is 435. The number of ether oxygens (including phenoxy) is 2. The van der Waals surface area contributed by atoms with E-state index in [0.29, 0.717) is 11.5 Å². The molecule has 19 heavy (non-hydrogen) atoms. The number of rotatable bonds is 5. The molecule has 0 radical (unpaired) electrons. The maximum absolute atomic E-state index is 12.0. The van der Waals surface area contributed by atoms with E-state index in [1.165, 1.54) is 0 Å². The minimum atomic E-state index is -0.137. The van der Waals surface area contributed by atoms with Crippen LogP contribution in [0.2, 0.25) is 0 Å². The minimum absolute atomic E-state index is 0.137. The Morgan fingerprint density at radius 1 is 1.32 bits per heavy atom. The molecule has 0 spiro atoms. The first kappa shape index (κ1) is 15.1. The van der Waals surface area contributed by atoms with Crippen molar-refractivity contribution >= 4 is 11.7 Å².